The van der Waals surface area contributed by atoms with Crippen LogP contribution in [0.4, 0.5) is 0 Å². The van der Waals surface area contributed by atoms with Gasteiger partial charge in [0.1, 0.15) is 5.76 Å². The Bertz CT molecular complexity index is 332. The van der Waals surface area contributed by atoms with E-state index in [-0.39, 0.29) is 11.9 Å². The van der Waals surface area contributed by atoms with Gasteiger partial charge in [0.25, 0.3) is 0 Å². The van der Waals surface area contributed by atoms with Gasteiger partial charge in [-0.2, -0.15) is 0 Å². The molecule has 0 bridgehead atoms. The van der Waals surface area contributed by atoms with Crippen LogP contribution in [0.5, 0.6) is 0 Å². The standard InChI is InChI=1S/C14H24N2O2/c1-4-12(5-2)16-14(17)10-15-11(3)9-13-7-6-8-18-13/h6-8,11-12,15H,4-5,9-10H2,1-3H3,(H,16,17). The number of amides is 1. The fraction of sp³-hybridized carbons (Fsp3) is 0.643. The number of rotatable bonds is 8. The van der Waals surface area contributed by atoms with Crippen LogP contribution in [0.2, 0.25) is 0 Å². The highest BCUT2D eigenvalue weighted by molar-refractivity contribution is 5.78. The molecule has 0 fully saturated rings. The van der Waals surface area contributed by atoms with Crippen LogP contribution >= 0.6 is 0 Å². The molecule has 102 valence electrons. The summed E-state index contributed by atoms with van der Waals surface area (Å²) in [6.07, 6.45) is 4.42. The number of furan rings is 1. The van der Waals surface area contributed by atoms with Gasteiger partial charge in [-0.3, -0.25) is 4.79 Å². The lowest BCUT2D eigenvalue weighted by molar-refractivity contribution is -0.121. The highest BCUT2D eigenvalue weighted by atomic mass is 16.3. The first-order valence-corrected chi connectivity index (χ1v) is 6.70. The van der Waals surface area contributed by atoms with Crippen LogP contribution in [-0.2, 0) is 11.2 Å². The number of hydrogen-bond acceptors (Lipinski definition) is 3. The average Bonchev–Trinajstić information content (AvgIpc) is 2.86. The molecule has 18 heavy (non-hydrogen) atoms. The van der Waals surface area contributed by atoms with E-state index in [0.717, 1.165) is 25.0 Å². The molecule has 0 aliphatic carbocycles. The van der Waals surface area contributed by atoms with Crippen molar-refractivity contribution in [3.05, 3.63) is 24.2 Å². The second-order valence-corrected chi connectivity index (χ2v) is 4.65. The fourth-order valence-electron chi connectivity index (χ4n) is 1.84. The normalized spacial score (nSPS) is 12.7. The van der Waals surface area contributed by atoms with Crippen molar-refractivity contribution in [3.63, 3.8) is 0 Å². The van der Waals surface area contributed by atoms with Crippen LogP contribution in [0, 0.1) is 0 Å². The van der Waals surface area contributed by atoms with E-state index in [4.69, 9.17) is 4.42 Å². The molecule has 0 aliphatic rings. The maximum atomic E-state index is 11.7. The zero-order chi connectivity index (χ0) is 13.4. The molecular formula is C14H24N2O2. The van der Waals surface area contributed by atoms with Gasteiger partial charge in [-0.1, -0.05) is 13.8 Å². The minimum absolute atomic E-state index is 0.0648. The van der Waals surface area contributed by atoms with Crippen LogP contribution in [0.1, 0.15) is 39.4 Å². The summed E-state index contributed by atoms with van der Waals surface area (Å²) in [5.41, 5.74) is 0. The van der Waals surface area contributed by atoms with E-state index in [0.29, 0.717) is 12.6 Å². The summed E-state index contributed by atoms with van der Waals surface area (Å²) in [5, 5.41) is 6.21. The van der Waals surface area contributed by atoms with Crippen molar-refractivity contribution in [2.24, 2.45) is 0 Å². The maximum absolute atomic E-state index is 11.7. The molecule has 1 amide bonds. The van der Waals surface area contributed by atoms with Crippen LogP contribution in [-0.4, -0.2) is 24.5 Å². The average molecular weight is 252 g/mol. The quantitative estimate of drug-likeness (QED) is 0.745. The lowest BCUT2D eigenvalue weighted by atomic mass is 10.1. The third-order valence-corrected chi connectivity index (χ3v) is 3.05. The Kier molecular flexibility index (Phi) is 6.50. The van der Waals surface area contributed by atoms with E-state index < -0.39 is 0 Å². The van der Waals surface area contributed by atoms with Crippen molar-refractivity contribution in [1.82, 2.24) is 10.6 Å². The molecule has 4 heteroatoms. The molecule has 0 aliphatic heterocycles. The van der Waals surface area contributed by atoms with Gasteiger partial charge in [-0.15, -0.1) is 0 Å². The van der Waals surface area contributed by atoms with Gasteiger partial charge >= 0.3 is 0 Å². The molecule has 1 atom stereocenters. The molecule has 2 N–H and O–H groups in total. The van der Waals surface area contributed by atoms with Crippen LogP contribution in [0.25, 0.3) is 0 Å². The summed E-state index contributed by atoms with van der Waals surface area (Å²) >= 11 is 0. The topological polar surface area (TPSA) is 54.3 Å². The van der Waals surface area contributed by atoms with E-state index in [1.54, 1.807) is 6.26 Å². The Morgan fingerprint density at radius 1 is 1.39 bits per heavy atom. The Labute approximate surface area is 109 Å². The number of nitrogens with one attached hydrogen (secondary N) is 2. The highest BCUT2D eigenvalue weighted by Crippen LogP contribution is 2.03. The summed E-state index contributed by atoms with van der Waals surface area (Å²) < 4.78 is 5.27. The maximum Gasteiger partial charge on any atom is 0.234 e. The van der Waals surface area contributed by atoms with E-state index in [1.165, 1.54) is 0 Å². The Hall–Kier alpha value is -1.29. The van der Waals surface area contributed by atoms with Gasteiger partial charge in [-0.25, -0.2) is 0 Å². The first-order chi connectivity index (χ1) is 8.65. The predicted octanol–water partition coefficient (Wildman–Crippen LogP) is 2.10. The zero-order valence-electron chi connectivity index (χ0n) is 11.5. The van der Waals surface area contributed by atoms with Crippen molar-refractivity contribution in [2.45, 2.75) is 52.1 Å². The SMILES string of the molecule is CCC(CC)NC(=O)CNC(C)Cc1ccco1. The molecule has 0 radical (unpaired) electrons. The van der Waals surface area contributed by atoms with Gasteiger partial charge in [0.2, 0.25) is 5.91 Å². The van der Waals surface area contributed by atoms with Crippen molar-refractivity contribution in [1.29, 1.82) is 0 Å². The molecule has 0 aromatic carbocycles. The molecule has 1 rings (SSSR count). The molecule has 0 spiro atoms. The van der Waals surface area contributed by atoms with Crippen molar-refractivity contribution in [3.8, 4) is 0 Å². The molecule has 4 nitrogen and oxygen atoms in total. The third kappa shape index (κ3) is 5.36. The third-order valence-electron chi connectivity index (χ3n) is 3.05. The summed E-state index contributed by atoms with van der Waals surface area (Å²) in [5.74, 6) is 1.00. The zero-order valence-corrected chi connectivity index (χ0v) is 11.5. The minimum atomic E-state index is 0.0648. The van der Waals surface area contributed by atoms with E-state index in [1.807, 2.05) is 19.1 Å². The van der Waals surface area contributed by atoms with Gasteiger partial charge in [-0.05, 0) is 31.9 Å². The molecule has 1 aromatic rings. The number of hydrogen-bond donors (Lipinski definition) is 2. The molecule has 0 saturated heterocycles. The van der Waals surface area contributed by atoms with Crippen molar-refractivity contribution in [2.75, 3.05) is 6.54 Å². The highest BCUT2D eigenvalue weighted by Gasteiger charge is 2.10. The summed E-state index contributed by atoms with van der Waals surface area (Å²) in [6, 6.07) is 4.34. The smallest absolute Gasteiger partial charge is 0.234 e. The number of carbonyl (C=O) groups is 1. The predicted molar refractivity (Wildman–Crippen MR) is 72.4 cm³/mol. The fourth-order valence-corrected chi connectivity index (χ4v) is 1.84. The minimum Gasteiger partial charge on any atom is -0.469 e. The van der Waals surface area contributed by atoms with Crippen LogP contribution in [0.15, 0.2) is 22.8 Å². The molecule has 0 saturated carbocycles. The Morgan fingerprint density at radius 3 is 2.67 bits per heavy atom. The molecule has 1 unspecified atom stereocenters. The van der Waals surface area contributed by atoms with Crippen molar-refractivity contribution < 1.29 is 9.21 Å². The van der Waals surface area contributed by atoms with Gasteiger partial charge in [0.15, 0.2) is 0 Å². The Balaban J connectivity index is 2.21. The molecule has 1 heterocycles. The second-order valence-electron chi connectivity index (χ2n) is 4.65. The van der Waals surface area contributed by atoms with E-state index in [9.17, 15) is 4.79 Å². The second kappa shape index (κ2) is 7.93. The first kappa shape index (κ1) is 14.8. The monoisotopic (exact) mass is 252 g/mol. The van der Waals surface area contributed by atoms with Crippen molar-refractivity contribution >= 4 is 5.91 Å². The van der Waals surface area contributed by atoms with Gasteiger partial charge in [0, 0.05) is 18.5 Å². The lowest BCUT2D eigenvalue weighted by Crippen LogP contribution is -2.42. The Morgan fingerprint density at radius 2 is 2.11 bits per heavy atom. The van der Waals surface area contributed by atoms with Crippen LogP contribution < -0.4 is 10.6 Å². The molecule has 1 aromatic heterocycles. The van der Waals surface area contributed by atoms with E-state index >= 15 is 0 Å². The number of carbonyl (C=O) groups excluding carboxylic acids is 1. The lowest BCUT2D eigenvalue weighted by Gasteiger charge is -2.16. The van der Waals surface area contributed by atoms with E-state index in [2.05, 4.69) is 24.5 Å². The van der Waals surface area contributed by atoms with Crippen LogP contribution in [0.3, 0.4) is 0 Å². The summed E-state index contributed by atoms with van der Waals surface area (Å²) in [6.45, 7) is 6.58. The summed E-state index contributed by atoms with van der Waals surface area (Å²) in [7, 11) is 0. The van der Waals surface area contributed by atoms with Gasteiger partial charge < -0.3 is 15.1 Å². The molecular weight excluding hydrogens is 228 g/mol. The summed E-state index contributed by atoms with van der Waals surface area (Å²) in [4.78, 5) is 11.7. The van der Waals surface area contributed by atoms with Gasteiger partial charge in [0.05, 0.1) is 12.8 Å². The first-order valence-electron chi connectivity index (χ1n) is 6.70. The largest absolute Gasteiger partial charge is 0.469 e.